The van der Waals surface area contributed by atoms with Crippen LogP contribution in [0.25, 0.3) is 5.69 Å². The maximum atomic E-state index is 12.4. The molecule has 1 aliphatic rings. The molecule has 0 saturated carbocycles. The van der Waals surface area contributed by atoms with Gasteiger partial charge in [-0.15, -0.1) is 0 Å². The van der Waals surface area contributed by atoms with Crippen molar-refractivity contribution in [1.29, 1.82) is 0 Å². The number of halogens is 1. The highest BCUT2D eigenvalue weighted by atomic mass is 35.5. The van der Waals surface area contributed by atoms with Crippen molar-refractivity contribution in [2.24, 2.45) is 0 Å². The van der Waals surface area contributed by atoms with Crippen LogP contribution in [0.1, 0.15) is 12.8 Å². The Kier molecular flexibility index (Phi) is 4.83. The van der Waals surface area contributed by atoms with Gasteiger partial charge < -0.3 is 15.0 Å². The van der Waals surface area contributed by atoms with Gasteiger partial charge in [0.2, 0.25) is 0 Å². The first-order valence-electron chi connectivity index (χ1n) is 7.57. The lowest BCUT2D eigenvalue weighted by atomic mass is 10.2. The maximum absolute atomic E-state index is 12.4. The number of hydrogen-bond acceptors (Lipinski definition) is 3. The minimum absolute atomic E-state index is 0.121. The van der Waals surface area contributed by atoms with E-state index in [0.717, 1.165) is 19.4 Å². The summed E-state index contributed by atoms with van der Waals surface area (Å²) in [5.41, 5.74) is 1.27. The van der Waals surface area contributed by atoms with E-state index in [2.05, 4.69) is 10.4 Å². The number of nitrogens with one attached hydrogen (secondary N) is 1. The second-order valence-electron chi connectivity index (χ2n) is 5.53. The average Bonchev–Trinajstić information content (AvgIpc) is 3.20. The standard InChI is InChI=1S/C16H19ClN4O2/c1-20(11-12-5-3-10-23-12)16(22)19-14-7-2-6-13(17)15(14)21-9-4-8-18-21/h2,4,6-9,12H,3,5,10-11H2,1H3,(H,19,22)/t12-/m1/s1. The van der Waals surface area contributed by atoms with Crippen molar-refractivity contribution >= 4 is 23.3 Å². The number of likely N-dealkylation sites (N-methyl/N-ethyl adjacent to an activating group) is 1. The lowest BCUT2D eigenvalue weighted by molar-refractivity contribution is 0.0894. The molecule has 122 valence electrons. The third kappa shape index (κ3) is 3.65. The smallest absolute Gasteiger partial charge is 0.321 e. The Bertz CT molecular complexity index is 669. The summed E-state index contributed by atoms with van der Waals surface area (Å²) < 4.78 is 7.21. The van der Waals surface area contributed by atoms with Crippen LogP contribution in [0.3, 0.4) is 0 Å². The molecule has 23 heavy (non-hydrogen) atoms. The van der Waals surface area contributed by atoms with Crippen molar-refractivity contribution in [3.63, 3.8) is 0 Å². The molecular formula is C16H19ClN4O2. The Morgan fingerprint density at radius 3 is 3.09 bits per heavy atom. The number of para-hydroxylation sites is 1. The molecule has 2 heterocycles. The lowest BCUT2D eigenvalue weighted by Crippen LogP contribution is -2.37. The summed E-state index contributed by atoms with van der Waals surface area (Å²) >= 11 is 6.28. The van der Waals surface area contributed by atoms with Crippen molar-refractivity contribution < 1.29 is 9.53 Å². The Hall–Kier alpha value is -2.05. The second kappa shape index (κ2) is 7.02. The molecule has 0 radical (unpaired) electrons. The topological polar surface area (TPSA) is 59.4 Å². The van der Waals surface area contributed by atoms with Gasteiger partial charge in [-0.3, -0.25) is 0 Å². The molecule has 1 aromatic carbocycles. The lowest BCUT2D eigenvalue weighted by Gasteiger charge is -2.22. The zero-order valence-electron chi connectivity index (χ0n) is 12.9. The number of carbonyl (C=O) groups excluding carboxylic acids is 1. The number of carbonyl (C=O) groups is 1. The number of nitrogens with zero attached hydrogens (tertiary/aromatic N) is 3. The van der Waals surface area contributed by atoms with E-state index in [1.165, 1.54) is 0 Å². The molecule has 1 saturated heterocycles. The maximum Gasteiger partial charge on any atom is 0.321 e. The second-order valence-corrected chi connectivity index (χ2v) is 5.94. The Labute approximate surface area is 140 Å². The van der Waals surface area contributed by atoms with E-state index in [0.29, 0.717) is 22.9 Å². The number of rotatable bonds is 4. The zero-order chi connectivity index (χ0) is 16.2. The summed E-state index contributed by atoms with van der Waals surface area (Å²) in [5, 5.41) is 7.61. The summed E-state index contributed by atoms with van der Waals surface area (Å²) in [4.78, 5) is 14.0. The molecule has 1 aromatic heterocycles. The molecule has 6 nitrogen and oxygen atoms in total. The van der Waals surface area contributed by atoms with E-state index < -0.39 is 0 Å². The monoisotopic (exact) mass is 334 g/mol. The molecule has 1 atom stereocenters. The van der Waals surface area contributed by atoms with E-state index in [9.17, 15) is 4.79 Å². The molecule has 1 aliphatic heterocycles. The predicted molar refractivity (Wildman–Crippen MR) is 89.2 cm³/mol. The number of aromatic nitrogens is 2. The van der Waals surface area contributed by atoms with Crippen LogP contribution in [0, 0.1) is 0 Å². The van der Waals surface area contributed by atoms with Crippen LogP contribution in [0.5, 0.6) is 0 Å². The number of urea groups is 1. The van der Waals surface area contributed by atoms with Gasteiger partial charge in [0.15, 0.2) is 0 Å². The van der Waals surface area contributed by atoms with Crippen molar-refractivity contribution in [2.45, 2.75) is 18.9 Å². The van der Waals surface area contributed by atoms with Gasteiger partial charge >= 0.3 is 6.03 Å². The van der Waals surface area contributed by atoms with Crippen molar-refractivity contribution in [2.75, 3.05) is 25.5 Å². The normalized spacial score (nSPS) is 17.2. The average molecular weight is 335 g/mol. The molecule has 0 unspecified atom stereocenters. The molecule has 7 heteroatoms. The number of ether oxygens (including phenoxy) is 1. The van der Waals surface area contributed by atoms with Crippen LogP contribution in [0.4, 0.5) is 10.5 Å². The van der Waals surface area contributed by atoms with Crippen molar-refractivity contribution in [3.8, 4) is 5.69 Å². The first kappa shape index (κ1) is 15.8. The largest absolute Gasteiger partial charge is 0.376 e. The van der Waals surface area contributed by atoms with Crippen LogP contribution < -0.4 is 5.32 Å². The predicted octanol–water partition coefficient (Wildman–Crippen LogP) is 3.17. The zero-order valence-corrected chi connectivity index (χ0v) is 13.7. The fourth-order valence-corrected chi connectivity index (χ4v) is 2.90. The quantitative estimate of drug-likeness (QED) is 0.934. The van der Waals surface area contributed by atoms with Gasteiger partial charge in [0.25, 0.3) is 0 Å². The van der Waals surface area contributed by atoms with E-state index >= 15 is 0 Å². The van der Waals surface area contributed by atoms with E-state index in [1.807, 2.05) is 0 Å². The molecule has 1 N–H and O–H groups in total. The summed E-state index contributed by atoms with van der Waals surface area (Å²) in [7, 11) is 1.76. The Morgan fingerprint density at radius 2 is 2.39 bits per heavy atom. The van der Waals surface area contributed by atoms with Crippen LogP contribution >= 0.6 is 11.6 Å². The van der Waals surface area contributed by atoms with Gasteiger partial charge in [-0.1, -0.05) is 17.7 Å². The van der Waals surface area contributed by atoms with E-state index in [4.69, 9.17) is 16.3 Å². The third-order valence-corrected chi connectivity index (χ3v) is 4.12. The van der Waals surface area contributed by atoms with Gasteiger partial charge in [-0.05, 0) is 31.0 Å². The van der Waals surface area contributed by atoms with Crippen LogP contribution in [-0.4, -0.2) is 47.0 Å². The molecule has 0 aliphatic carbocycles. The van der Waals surface area contributed by atoms with E-state index in [1.54, 1.807) is 53.3 Å². The highest BCUT2D eigenvalue weighted by Crippen LogP contribution is 2.28. The highest BCUT2D eigenvalue weighted by Gasteiger charge is 2.21. The summed E-state index contributed by atoms with van der Waals surface area (Å²) in [6.07, 6.45) is 5.62. The number of benzene rings is 1. The third-order valence-electron chi connectivity index (χ3n) is 3.81. The number of anilines is 1. The first-order valence-corrected chi connectivity index (χ1v) is 7.95. The SMILES string of the molecule is CN(C[C@H]1CCCO1)C(=O)Nc1cccc(Cl)c1-n1cccn1. The van der Waals surface area contributed by atoms with Crippen LogP contribution in [-0.2, 0) is 4.74 Å². The fraction of sp³-hybridized carbons (Fsp3) is 0.375. The van der Waals surface area contributed by atoms with Gasteiger partial charge in [-0.2, -0.15) is 5.10 Å². The van der Waals surface area contributed by atoms with Gasteiger partial charge in [-0.25, -0.2) is 9.48 Å². The Balaban J connectivity index is 1.74. The molecular weight excluding hydrogens is 316 g/mol. The molecule has 2 aromatic rings. The molecule has 2 amide bonds. The van der Waals surface area contributed by atoms with Gasteiger partial charge in [0, 0.05) is 32.6 Å². The molecule has 3 rings (SSSR count). The van der Waals surface area contributed by atoms with Gasteiger partial charge in [0.05, 0.1) is 16.8 Å². The summed E-state index contributed by atoms with van der Waals surface area (Å²) in [6, 6.07) is 6.98. The minimum Gasteiger partial charge on any atom is -0.376 e. The number of amides is 2. The molecule has 0 bridgehead atoms. The Morgan fingerprint density at radius 1 is 1.52 bits per heavy atom. The van der Waals surface area contributed by atoms with Gasteiger partial charge in [0.1, 0.15) is 5.69 Å². The van der Waals surface area contributed by atoms with E-state index in [-0.39, 0.29) is 12.1 Å². The molecule has 0 spiro atoms. The fourth-order valence-electron chi connectivity index (χ4n) is 2.64. The molecule has 1 fully saturated rings. The summed E-state index contributed by atoms with van der Waals surface area (Å²) in [6.45, 7) is 1.35. The van der Waals surface area contributed by atoms with Crippen LogP contribution in [0.15, 0.2) is 36.7 Å². The number of hydrogen-bond donors (Lipinski definition) is 1. The summed E-state index contributed by atoms with van der Waals surface area (Å²) in [5.74, 6) is 0. The van der Waals surface area contributed by atoms with Crippen LogP contribution in [0.2, 0.25) is 5.02 Å². The van der Waals surface area contributed by atoms with Crippen molar-refractivity contribution in [3.05, 3.63) is 41.7 Å². The highest BCUT2D eigenvalue weighted by molar-refractivity contribution is 6.33. The first-order chi connectivity index (χ1) is 11.1. The minimum atomic E-state index is -0.198. The van der Waals surface area contributed by atoms with Crippen molar-refractivity contribution in [1.82, 2.24) is 14.7 Å².